The number of halogens is 2. The van der Waals surface area contributed by atoms with Gasteiger partial charge in [0.15, 0.2) is 5.96 Å². The van der Waals surface area contributed by atoms with Crippen LogP contribution in [0.2, 0.25) is 0 Å². The number of benzene rings is 1. The Kier molecular flexibility index (Phi) is 9.74. The molecule has 1 aromatic carbocycles. The highest BCUT2D eigenvalue weighted by Gasteiger charge is 2.05. The Bertz CT molecular complexity index is 488. The molecule has 0 atom stereocenters. The van der Waals surface area contributed by atoms with Crippen LogP contribution in [0.5, 0.6) is 0 Å². The minimum Gasteiger partial charge on any atom is -0.479 e. The second-order valence-electron chi connectivity index (χ2n) is 3.65. The van der Waals surface area contributed by atoms with Crippen LogP contribution in [0.1, 0.15) is 5.56 Å². The molecule has 0 aliphatic rings. The summed E-state index contributed by atoms with van der Waals surface area (Å²) in [7, 11) is 0. The maximum absolute atomic E-state index is 9.44. The van der Waals surface area contributed by atoms with Crippen molar-refractivity contribution in [1.29, 1.82) is 0 Å². The van der Waals surface area contributed by atoms with Gasteiger partial charge in [-0.15, -0.1) is 0 Å². The van der Waals surface area contributed by atoms with Gasteiger partial charge in [-0.3, -0.25) is 4.99 Å². The highest BCUT2D eigenvalue weighted by atomic mass is 35.5. The van der Waals surface area contributed by atoms with Crippen LogP contribution in [0.25, 0.3) is 0 Å². The molecule has 0 fully saturated rings. The summed E-state index contributed by atoms with van der Waals surface area (Å²) in [6, 6.07) is 10.0. The minimum atomic E-state index is -1.29. The van der Waals surface area contributed by atoms with Crippen molar-refractivity contribution < 1.29 is 9.90 Å². The summed E-state index contributed by atoms with van der Waals surface area (Å²) >= 11 is 9.56. The van der Waals surface area contributed by atoms with Gasteiger partial charge < -0.3 is 22.3 Å². The van der Waals surface area contributed by atoms with Crippen molar-refractivity contribution in [2.75, 3.05) is 6.54 Å². The molecular weight excluding hydrogens is 317 g/mol. The summed E-state index contributed by atoms with van der Waals surface area (Å²) in [4.78, 5) is 15.8. The highest BCUT2D eigenvalue weighted by molar-refractivity contribution is 6.52. The van der Waals surface area contributed by atoms with Crippen molar-refractivity contribution in [3.63, 3.8) is 0 Å². The summed E-state index contributed by atoms with van der Waals surface area (Å²) in [5.74, 6) is -1.17. The quantitative estimate of drug-likeness (QED) is 0.364. The van der Waals surface area contributed by atoms with E-state index in [1.807, 2.05) is 30.3 Å². The molecule has 0 spiro atoms. The Hall–Kier alpha value is -1.99. The van der Waals surface area contributed by atoms with Crippen molar-refractivity contribution in [1.82, 2.24) is 0 Å². The molecule has 7 N–H and O–H groups in total. The van der Waals surface area contributed by atoms with E-state index in [9.17, 15) is 4.79 Å². The number of alkyl halides is 2. The summed E-state index contributed by atoms with van der Waals surface area (Å²) in [5.41, 5.74) is 16.9. The van der Waals surface area contributed by atoms with Crippen LogP contribution < -0.4 is 17.2 Å². The molecule has 0 aliphatic carbocycles. The van der Waals surface area contributed by atoms with Crippen molar-refractivity contribution in [2.45, 2.75) is 11.3 Å². The summed E-state index contributed by atoms with van der Waals surface area (Å²) < 4.78 is 0. The number of nitrogens with two attached hydrogens (primary N) is 3. The molecule has 0 heterocycles. The van der Waals surface area contributed by atoms with Gasteiger partial charge in [0.1, 0.15) is 0 Å². The number of aliphatic imine (C=N–C) groups is 2. The first-order valence-electron chi connectivity index (χ1n) is 5.77. The van der Waals surface area contributed by atoms with Crippen LogP contribution in [0, 0.1) is 0 Å². The molecule has 0 bridgehead atoms. The topological polar surface area (TPSA) is 140 Å². The van der Waals surface area contributed by atoms with E-state index in [1.165, 1.54) is 5.56 Å². The van der Waals surface area contributed by atoms with Gasteiger partial charge in [0.2, 0.25) is 10.8 Å². The molecule has 0 saturated heterocycles. The van der Waals surface area contributed by atoms with Gasteiger partial charge in [-0.1, -0.05) is 53.5 Å². The smallest absolute Gasteiger partial charge is 0.337 e. The van der Waals surface area contributed by atoms with E-state index in [1.54, 1.807) is 0 Å². The van der Waals surface area contributed by atoms with Gasteiger partial charge in [-0.25, -0.2) is 4.79 Å². The van der Waals surface area contributed by atoms with Crippen molar-refractivity contribution in [3.8, 4) is 0 Å². The van der Waals surface area contributed by atoms with Crippen molar-refractivity contribution in [2.24, 2.45) is 27.2 Å². The zero-order valence-corrected chi connectivity index (χ0v) is 12.6. The van der Waals surface area contributed by atoms with E-state index in [0.29, 0.717) is 6.54 Å². The first-order valence-corrected chi connectivity index (χ1v) is 6.64. The van der Waals surface area contributed by atoms with E-state index in [4.69, 9.17) is 45.5 Å². The van der Waals surface area contributed by atoms with Gasteiger partial charge >= 0.3 is 5.97 Å². The number of carboxylic acids is 1. The number of carbonyl (C=O) groups is 1. The van der Waals surface area contributed by atoms with Gasteiger partial charge in [-0.2, -0.15) is 4.99 Å². The average molecular weight is 334 g/mol. The lowest BCUT2D eigenvalue weighted by molar-refractivity contribution is -0.135. The zero-order chi connectivity index (χ0) is 16.3. The predicted octanol–water partition coefficient (Wildman–Crippen LogP) is 0.692. The molecule has 0 aliphatic heterocycles. The average Bonchev–Trinajstić information content (AvgIpc) is 2.39. The van der Waals surface area contributed by atoms with Crippen LogP contribution in [0.15, 0.2) is 40.3 Å². The molecule has 0 aromatic heterocycles. The van der Waals surface area contributed by atoms with E-state index in [0.717, 1.165) is 6.42 Å². The second kappa shape index (κ2) is 10.8. The Morgan fingerprint density at radius 1 is 1.19 bits per heavy atom. The fourth-order valence-electron chi connectivity index (χ4n) is 1.11. The fourth-order valence-corrected chi connectivity index (χ4v) is 1.11. The summed E-state index contributed by atoms with van der Waals surface area (Å²) in [6.07, 6.45) is 0.821. The molecule has 1 rings (SSSR count). The lowest BCUT2D eigenvalue weighted by Gasteiger charge is -1.97. The molecule has 0 radical (unpaired) electrons. The third-order valence-corrected chi connectivity index (χ3v) is 2.32. The van der Waals surface area contributed by atoms with Crippen LogP contribution in [0.4, 0.5) is 0 Å². The largest absolute Gasteiger partial charge is 0.479 e. The number of rotatable bonds is 4. The fraction of sp³-hybridized carbons (Fsp3) is 0.250. The van der Waals surface area contributed by atoms with Crippen LogP contribution in [-0.2, 0) is 11.2 Å². The number of aliphatic carboxylic acids is 1. The van der Waals surface area contributed by atoms with E-state index < -0.39 is 10.8 Å². The maximum Gasteiger partial charge on any atom is 0.337 e. The van der Waals surface area contributed by atoms with Crippen molar-refractivity contribution in [3.05, 3.63) is 35.9 Å². The zero-order valence-electron chi connectivity index (χ0n) is 11.1. The van der Waals surface area contributed by atoms with E-state index >= 15 is 0 Å². The molecule has 0 unspecified atom stereocenters. The lowest BCUT2D eigenvalue weighted by Crippen LogP contribution is -2.26. The van der Waals surface area contributed by atoms with E-state index in [2.05, 4.69) is 9.98 Å². The van der Waals surface area contributed by atoms with E-state index in [-0.39, 0.29) is 11.9 Å². The number of hydrogen-bond donors (Lipinski definition) is 4. The summed E-state index contributed by atoms with van der Waals surface area (Å²) in [5, 5.41) is 7.73. The standard InChI is InChI=1S/C10H15N5.C2H2Cl2O2/c11-9(12)15-10(13)14-7-6-8-4-2-1-3-5-8;3-1(4)2(5)6/h1-5H,6-7H2,(H6,11,12,13,14,15);1H,(H,5,6). The first-order chi connectivity index (χ1) is 9.82. The predicted molar refractivity (Wildman–Crippen MR) is 85.6 cm³/mol. The number of guanidine groups is 2. The normalized spacial score (nSPS) is 10.5. The third-order valence-electron chi connectivity index (χ3n) is 1.95. The Balaban J connectivity index is 0.000000567. The molecule has 21 heavy (non-hydrogen) atoms. The number of nitrogens with zero attached hydrogens (tertiary/aromatic N) is 2. The SMILES string of the molecule is NC(N)=NC(N)=NCCc1ccccc1.O=C(O)C(Cl)Cl. The number of carboxylic acid groups (broad SMARTS) is 1. The minimum absolute atomic E-state index is 0.0732. The Morgan fingerprint density at radius 3 is 2.14 bits per heavy atom. The van der Waals surface area contributed by atoms with Gasteiger partial charge in [0.25, 0.3) is 0 Å². The molecule has 116 valence electrons. The van der Waals surface area contributed by atoms with Gasteiger partial charge in [0, 0.05) is 6.54 Å². The van der Waals surface area contributed by atoms with Crippen LogP contribution >= 0.6 is 23.2 Å². The molecule has 7 nitrogen and oxygen atoms in total. The summed E-state index contributed by atoms with van der Waals surface area (Å²) in [6.45, 7) is 0.576. The molecule has 0 saturated carbocycles. The lowest BCUT2D eigenvalue weighted by atomic mass is 10.2. The number of hydrogen-bond acceptors (Lipinski definition) is 2. The molecule has 0 amide bonds. The molecule has 1 aromatic rings. The van der Waals surface area contributed by atoms with Crippen LogP contribution in [-0.4, -0.2) is 34.4 Å². The van der Waals surface area contributed by atoms with Gasteiger partial charge in [-0.05, 0) is 12.0 Å². The Labute approximate surface area is 132 Å². The highest BCUT2D eigenvalue weighted by Crippen LogP contribution is 1.99. The van der Waals surface area contributed by atoms with Crippen molar-refractivity contribution >= 4 is 41.1 Å². The maximum atomic E-state index is 9.44. The van der Waals surface area contributed by atoms with Crippen LogP contribution in [0.3, 0.4) is 0 Å². The molecular formula is C12H17Cl2N5O2. The monoisotopic (exact) mass is 333 g/mol. The first kappa shape index (κ1) is 19.0. The van der Waals surface area contributed by atoms with Gasteiger partial charge in [0.05, 0.1) is 0 Å². The third kappa shape index (κ3) is 11.5. The Morgan fingerprint density at radius 2 is 1.71 bits per heavy atom. The molecule has 9 heteroatoms. The second-order valence-corrected chi connectivity index (χ2v) is 4.75.